The summed E-state index contributed by atoms with van der Waals surface area (Å²) in [7, 11) is 0. The molecule has 1 amide bonds. The second-order valence-corrected chi connectivity index (χ2v) is 7.19. The Labute approximate surface area is 162 Å². The first-order chi connectivity index (χ1) is 12.6. The zero-order chi connectivity index (χ0) is 20.3. The zero-order valence-electron chi connectivity index (χ0n) is 16.0. The van der Waals surface area contributed by atoms with E-state index >= 15 is 0 Å². The minimum Gasteiger partial charge on any atom is -0.449 e. The molecule has 0 spiro atoms. The summed E-state index contributed by atoms with van der Waals surface area (Å²) in [4.78, 5) is 24.7. The Bertz CT molecular complexity index is 864. The number of anilines is 1. The van der Waals surface area contributed by atoms with E-state index in [2.05, 4.69) is 10.4 Å². The van der Waals surface area contributed by atoms with Gasteiger partial charge >= 0.3 is 5.97 Å². The molecule has 6 nitrogen and oxygen atoms in total. The van der Waals surface area contributed by atoms with Gasteiger partial charge in [-0.3, -0.25) is 9.48 Å². The summed E-state index contributed by atoms with van der Waals surface area (Å²) >= 11 is 6.25. The third-order valence-corrected chi connectivity index (χ3v) is 4.28. The molecule has 0 aliphatic carbocycles. The standard InChI is InChI=1S/C19H23ClFN3O3/c1-10(2)9-24-17(20)16(12(4)23-24)19(26)27-13(5)18(25)22-14-7-6-11(3)15(21)8-14/h6-8,10,13H,9H2,1-5H3,(H,22,25)/t13-/m0/s1. The van der Waals surface area contributed by atoms with Crippen molar-refractivity contribution in [2.45, 2.75) is 47.3 Å². The molecule has 8 heteroatoms. The highest BCUT2D eigenvalue weighted by molar-refractivity contribution is 6.32. The van der Waals surface area contributed by atoms with Gasteiger partial charge in [0.2, 0.25) is 0 Å². The molecule has 1 atom stereocenters. The monoisotopic (exact) mass is 395 g/mol. The molecule has 0 saturated carbocycles. The molecule has 1 aromatic carbocycles. The molecule has 0 bridgehead atoms. The molecule has 0 aliphatic heterocycles. The number of aromatic nitrogens is 2. The van der Waals surface area contributed by atoms with Gasteiger partial charge in [0.15, 0.2) is 6.10 Å². The van der Waals surface area contributed by atoms with Gasteiger partial charge in [0.05, 0.1) is 5.69 Å². The van der Waals surface area contributed by atoms with Gasteiger partial charge in [0.25, 0.3) is 5.91 Å². The molecular formula is C19H23ClFN3O3. The Morgan fingerprint density at radius 2 is 1.96 bits per heavy atom. The summed E-state index contributed by atoms with van der Waals surface area (Å²) in [5.74, 6) is -1.44. The Hall–Kier alpha value is -2.41. The summed E-state index contributed by atoms with van der Waals surface area (Å²) in [5.41, 5.74) is 1.32. The molecule has 27 heavy (non-hydrogen) atoms. The van der Waals surface area contributed by atoms with E-state index in [0.29, 0.717) is 23.7 Å². The summed E-state index contributed by atoms with van der Waals surface area (Å²) in [6, 6.07) is 4.33. The molecule has 2 rings (SSSR count). The molecule has 1 heterocycles. The predicted molar refractivity (Wildman–Crippen MR) is 101 cm³/mol. The number of amides is 1. The van der Waals surface area contributed by atoms with E-state index in [1.54, 1.807) is 26.0 Å². The van der Waals surface area contributed by atoms with Gasteiger partial charge in [-0.05, 0) is 44.4 Å². The number of carbonyl (C=O) groups excluding carboxylic acids is 2. The van der Waals surface area contributed by atoms with Gasteiger partial charge < -0.3 is 10.1 Å². The van der Waals surface area contributed by atoms with E-state index in [1.165, 1.54) is 17.7 Å². The topological polar surface area (TPSA) is 73.2 Å². The van der Waals surface area contributed by atoms with Crippen LogP contribution in [0, 0.1) is 25.6 Å². The van der Waals surface area contributed by atoms with E-state index in [-0.39, 0.29) is 16.4 Å². The highest BCUT2D eigenvalue weighted by atomic mass is 35.5. The maximum absolute atomic E-state index is 13.6. The predicted octanol–water partition coefficient (Wildman–Crippen LogP) is 4.13. The normalized spacial score (nSPS) is 12.1. The lowest BCUT2D eigenvalue weighted by molar-refractivity contribution is -0.123. The van der Waals surface area contributed by atoms with Crippen LogP contribution in [-0.2, 0) is 16.1 Å². The molecule has 2 aromatic rings. The van der Waals surface area contributed by atoms with E-state index < -0.39 is 23.8 Å². The van der Waals surface area contributed by atoms with Crippen LogP contribution >= 0.6 is 11.6 Å². The van der Waals surface area contributed by atoms with Crippen molar-refractivity contribution in [1.29, 1.82) is 0 Å². The maximum atomic E-state index is 13.6. The SMILES string of the molecule is Cc1ccc(NC(=O)[C@H](C)OC(=O)c2c(C)nn(CC(C)C)c2Cl)cc1F. The first kappa shape index (κ1) is 20.9. The van der Waals surface area contributed by atoms with Crippen LogP contribution in [0.4, 0.5) is 10.1 Å². The number of ether oxygens (including phenoxy) is 1. The highest BCUT2D eigenvalue weighted by Gasteiger charge is 2.26. The minimum absolute atomic E-state index is 0.137. The van der Waals surface area contributed by atoms with Crippen molar-refractivity contribution in [2.24, 2.45) is 5.92 Å². The van der Waals surface area contributed by atoms with Gasteiger partial charge in [-0.15, -0.1) is 0 Å². The number of nitrogens with one attached hydrogen (secondary N) is 1. The number of rotatable bonds is 6. The van der Waals surface area contributed by atoms with Crippen molar-refractivity contribution < 1.29 is 18.7 Å². The van der Waals surface area contributed by atoms with Crippen molar-refractivity contribution in [3.63, 3.8) is 0 Å². The summed E-state index contributed by atoms with van der Waals surface area (Å²) in [6.07, 6.45) is -1.09. The Kier molecular flexibility index (Phi) is 6.59. The lowest BCUT2D eigenvalue weighted by Gasteiger charge is -2.14. The van der Waals surface area contributed by atoms with Crippen molar-refractivity contribution in [3.05, 3.63) is 46.0 Å². The fourth-order valence-corrected chi connectivity index (χ4v) is 2.76. The van der Waals surface area contributed by atoms with E-state index in [4.69, 9.17) is 16.3 Å². The van der Waals surface area contributed by atoms with Gasteiger partial charge in [-0.25, -0.2) is 9.18 Å². The third-order valence-electron chi connectivity index (χ3n) is 3.90. The summed E-state index contributed by atoms with van der Waals surface area (Å²) in [5, 5.41) is 6.95. The number of nitrogens with zero attached hydrogens (tertiary/aromatic N) is 2. The van der Waals surface area contributed by atoms with Crippen molar-refractivity contribution in [3.8, 4) is 0 Å². The zero-order valence-corrected chi connectivity index (χ0v) is 16.7. The first-order valence-electron chi connectivity index (χ1n) is 8.61. The number of esters is 1. The Morgan fingerprint density at radius 1 is 1.30 bits per heavy atom. The van der Waals surface area contributed by atoms with Crippen LogP contribution in [0.25, 0.3) is 0 Å². The minimum atomic E-state index is -1.09. The number of carbonyl (C=O) groups is 2. The van der Waals surface area contributed by atoms with Crippen molar-refractivity contribution >= 4 is 29.2 Å². The van der Waals surface area contributed by atoms with Crippen molar-refractivity contribution in [1.82, 2.24) is 9.78 Å². The quantitative estimate of drug-likeness (QED) is 0.746. The Morgan fingerprint density at radius 3 is 2.56 bits per heavy atom. The smallest absolute Gasteiger partial charge is 0.343 e. The van der Waals surface area contributed by atoms with Crippen LogP contribution in [0.5, 0.6) is 0 Å². The molecule has 0 saturated heterocycles. The Balaban J connectivity index is 2.07. The number of aryl methyl sites for hydroxylation is 2. The number of halogens is 2. The summed E-state index contributed by atoms with van der Waals surface area (Å²) < 4.78 is 20.3. The molecule has 0 unspecified atom stereocenters. The molecule has 1 aromatic heterocycles. The molecular weight excluding hydrogens is 373 g/mol. The third kappa shape index (κ3) is 5.07. The van der Waals surface area contributed by atoms with Crippen LogP contribution in [0.15, 0.2) is 18.2 Å². The second kappa shape index (κ2) is 8.52. The number of hydrogen-bond donors (Lipinski definition) is 1. The van der Waals surface area contributed by atoms with Gasteiger partial charge in [0, 0.05) is 12.2 Å². The largest absolute Gasteiger partial charge is 0.449 e. The average Bonchev–Trinajstić information content (AvgIpc) is 2.84. The fraction of sp³-hybridized carbons (Fsp3) is 0.421. The van der Waals surface area contributed by atoms with Crippen LogP contribution in [0.1, 0.15) is 42.4 Å². The number of hydrogen-bond acceptors (Lipinski definition) is 4. The molecule has 0 fully saturated rings. The van der Waals surface area contributed by atoms with Gasteiger partial charge in [-0.2, -0.15) is 5.10 Å². The van der Waals surface area contributed by atoms with E-state index in [1.807, 2.05) is 13.8 Å². The highest BCUT2D eigenvalue weighted by Crippen LogP contribution is 2.22. The van der Waals surface area contributed by atoms with Crippen LogP contribution in [0.3, 0.4) is 0 Å². The average molecular weight is 396 g/mol. The lowest BCUT2D eigenvalue weighted by atomic mass is 10.2. The molecule has 0 radical (unpaired) electrons. The molecule has 146 valence electrons. The second-order valence-electron chi connectivity index (χ2n) is 6.83. The van der Waals surface area contributed by atoms with Crippen LogP contribution in [-0.4, -0.2) is 27.8 Å². The molecule has 0 aliphatic rings. The van der Waals surface area contributed by atoms with Crippen LogP contribution in [0.2, 0.25) is 5.15 Å². The van der Waals surface area contributed by atoms with Gasteiger partial charge in [-0.1, -0.05) is 31.5 Å². The van der Waals surface area contributed by atoms with Crippen LogP contribution < -0.4 is 5.32 Å². The number of benzene rings is 1. The molecule has 1 N–H and O–H groups in total. The van der Waals surface area contributed by atoms with Gasteiger partial charge in [0.1, 0.15) is 16.5 Å². The first-order valence-corrected chi connectivity index (χ1v) is 8.98. The maximum Gasteiger partial charge on any atom is 0.343 e. The summed E-state index contributed by atoms with van der Waals surface area (Å²) in [6.45, 7) is 9.27. The van der Waals surface area contributed by atoms with E-state index in [9.17, 15) is 14.0 Å². The van der Waals surface area contributed by atoms with Crippen molar-refractivity contribution in [2.75, 3.05) is 5.32 Å². The lowest BCUT2D eigenvalue weighted by Crippen LogP contribution is -2.30. The fourth-order valence-electron chi connectivity index (χ4n) is 2.44. The van der Waals surface area contributed by atoms with E-state index in [0.717, 1.165) is 0 Å².